The van der Waals surface area contributed by atoms with E-state index in [1.54, 1.807) is 13.3 Å². The van der Waals surface area contributed by atoms with E-state index in [0.717, 1.165) is 22.7 Å². The quantitative estimate of drug-likeness (QED) is 0.645. The van der Waals surface area contributed by atoms with Gasteiger partial charge in [0.25, 0.3) is 0 Å². The average molecular weight is 270 g/mol. The minimum Gasteiger partial charge on any atom is -0.497 e. The second-order valence-electron chi connectivity index (χ2n) is 4.07. The molecule has 0 fully saturated rings. The van der Waals surface area contributed by atoms with Gasteiger partial charge < -0.3 is 9.47 Å². The summed E-state index contributed by atoms with van der Waals surface area (Å²) in [5.74, 6) is 1.56. The first kappa shape index (κ1) is 13.9. The highest BCUT2D eigenvalue weighted by molar-refractivity contribution is 5.84. The van der Waals surface area contributed by atoms with Crippen molar-refractivity contribution in [1.29, 1.82) is 0 Å². The van der Waals surface area contributed by atoms with E-state index in [-0.39, 0.29) is 0 Å². The lowest BCUT2D eigenvalue weighted by Crippen LogP contribution is -1.98. The second-order valence-corrected chi connectivity index (χ2v) is 4.07. The van der Waals surface area contributed by atoms with Crippen molar-refractivity contribution >= 4 is 11.9 Å². The van der Waals surface area contributed by atoms with Crippen LogP contribution in [0.25, 0.3) is 0 Å². The van der Waals surface area contributed by atoms with Crippen LogP contribution in [0.5, 0.6) is 11.5 Å². The number of para-hydroxylation sites is 1. The van der Waals surface area contributed by atoms with Crippen LogP contribution in [0, 0.1) is 0 Å². The van der Waals surface area contributed by atoms with Gasteiger partial charge in [-0.15, -0.1) is 0 Å². The third-order valence-corrected chi connectivity index (χ3v) is 2.69. The van der Waals surface area contributed by atoms with Crippen molar-refractivity contribution in [3.8, 4) is 11.5 Å². The Bertz CT molecular complexity index is 568. The fraction of sp³-hybridized carbons (Fsp3) is 0.188. The summed E-state index contributed by atoms with van der Waals surface area (Å²) in [5.41, 5.74) is 4.78. The third-order valence-electron chi connectivity index (χ3n) is 2.69. The monoisotopic (exact) mass is 270 g/mol. The van der Waals surface area contributed by atoms with Crippen molar-refractivity contribution in [1.82, 2.24) is 0 Å². The van der Waals surface area contributed by atoms with Crippen LogP contribution >= 0.6 is 0 Å². The Morgan fingerprint density at radius 2 is 1.95 bits per heavy atom. The maximum atomic E-state index is 5.56. The van der Waals surface area contributed by atoms with Crippen molar-refractivity contribution in [2.75, 3.05) is 19.1 Å². The number of methoxy groups -OCH3 is 1. The van der Waals surface area contributed by atoms with Crippen molar-refractivity contribution in [3.05, 3.63) is 54.1 Å². The van der Waals surface area contributed by atoms with Crippen LogP contribution in [0.4, 0.5) is 5.69 Å². The molecule has 4 nitrogen and oxygen atoms in total. The van der Waals surface area contributed by atoms with E-state index < -0.39 is 0 Å². The van der Waals surface area contributed by atoms with Crippen LogP contribution in [-0.4, -0.2) is 19.9 Å². The van der Waals surface area contributed by atoms with Crippen LogP contribution in [0.15, 0.2) is 53.6 Å². The predicted molar refractivity (Wildman–Crippen MR) is 81.8 cm³/mol. The van der Waals surface area contributed by atoms with Gasteiger partial charge in [-0.05, 0) is 37.3 Å². The van der Waals surface area contributed by atoms with Crippen molar-refractivity contribution in [3.63, 3.8) is 0 Å². The molecule has 0 radical (unpaired) electrons. The molecule has 20 heavy (non-hydrogen) atoms. The van der Waals surface area contributed by atoms with E-state index >= 15 is 0 Å². The number of anilines is 1. The summed E-state index contributed by atoms with van der Waals surface area (Å²) in [7, 11) is 1.64. The number of benzene rings is 2. The summed E-state index contributed by atoms with van der Waals surface area (Å²) >= 11 is 0. The van der Waals surface area contributed by atoms with Gasteiger partial charge in [-0.2, -0.15) is 5.10 Å². The fourth-order valence-electron chi connectivity index (χ4n) is 1.73. The molecule has 0 spiro atoms. The van der Waals surface area contributed by atoms with Crippen LogP contribution in [-0.2, 0) is 0 Å². The molecule has 0 saturated carbocycles. The van der Waals surface area contributed by atoms with E-state index in [4.69, 9.17) is 9.47 Å². The first-order valence-corrected chi connectivity index (χ1v) is 6.48. The van der Waals surface area contributed by atoms with E-state index in [9.17, 15) is 0 Å². The van der Waals surface area contributed by atoms with Crippen LogP contribution < -0.4 is 14.9 Å². The number of ether oxygens (including phenoxy) is 2. The Morgan fingerprint density at radius 1 is 1.15 bits per heavy atom. The van der Waals surface area contributed by atoms with Crippen molar-refractivity contribution < 1.29 is 9.47 Å². The zero-order chi connectivity index (χ0) is 14.2. The molecule has 0 unspecified atom stereocenters. The Morgan fingerprint density at radius 3 is 2.65 bits per heavy atom. The number of hydrogen-bond donors (Lipinski definition) is 1. The second kappa shape index (κ2) is 7.19. The summed E-state index contributed by atoms with van der Waals surface area (Å²) < 4.78 is 10.8. The van der Waals surface area contributed by atoms with Gasteiger partial charge in [0.05, 0.1) is 25.6 Å². The standard InChI is InChI=1S/C16H18N2O2/c1-3-20-16-10-9-15(19-2)11-13(16)12-17-18-14-7-5-4-6-8-14/h4-12,18H,3H2,1-2H3/b17-12+. The molecular weight excluding hydrogens is 252 g/mol. The molecule has 2 aromatic carbocycles. The van der Waals surface area contributed by atoms with Crippen LogP contribution in [0.3, 0.4) is 0 Å². The summed E-state index contributed by atoms with van der Waals surface area (Å²) in [5, 5.41) is 4.22. The normalized spacial score (nSPS) is 10.5. The fourth-order valence-corrected chi connectivity index (χ4v) is 1.73. The summed E-state index contributed by atoms with van der Waals surface area (Å²) in [6.45, 7) is 2.56. The Labute approximate surface area is 119 Å². The number of hydrazone groups is 1. The molecule has 2 aromatic rings. The largest absolute Gasteiger partial charge is 0.497 e. The highest BCUT2D eigenvalue weighted by atomic mass is 16.5. The van der Waals surface area contributed by atoms with Gasteiger partial charge in [-0.25, -0.2) is 0 Å². The molecule has 0 atom stereocenters. The number of rotatable bonds is 6. The molecule has 0 saturated heterocycles. The minimum absolute atomic E-state index is 0.610. The van der Waals surface area contributed by atoms with Gasteiger partial charge in [0, 0.05) is 5.56 Å². The van der Waals surface area contributed by atoms with E-state index in [1.165, 1.54) is 0 Å². The molecule has 0 heterocycles. The van der Waals surface area contributed by atoms with Gasteiger partial charge in [0.15, 0.2) is 0 Å². The molecule has 0 aliphatic heterocycles. The van der Waals surface area contributed by atoms with E-state index in [2.05, 4.69) is 10.5 Å². The lowest BCUT2D eigenvalue weighted by atomic mass is 10.2. The minimum atomic E-state index is 0.610. The highest BCUT2D eigenvalue weighted by Crippen LogP contribution is 2.22. The maximum absolute atomic E-state index is 5.56. The lowest BCUT2D eigenvalue weighted by Gasteiger charge is -2.08. The maximum Gasteiger partial charge on any atom is 0.128 e. The molecule has 0 aliphatic carbocycles. The molecule has 104 valence electrons. The number of nitrogens with one attached hydrogen (secondary N) is 1. The Kier molecular flexibility index (Phi) is 5.00. The van der Waals surface area contributed by atoms with Gasteiger partial charge in [-0.3, -0.25) is 5.43 Å². The SMILES string of the molecule is CCOc1ccc(OC)cc1/C=N/Nc1ccccc1. The smallest absolute Gasteiger partial charge is 0.128 e. The van der Waals surface area contributed by atoms with Crippen LogP contribution in [0.1, 0.15) is 12.5 Å². The number of hydrogen-bond acceptors (Lipinski definition) is 4. The summed E-state index contributed by atoms with van der Waals surface area (Å²) in [6, 6.07) is 15.4. The topological polar surface area (TPSA) is 42.9 Å². The predicted octanol–water partition coefficient (Wildman–Crippen LogP) is 3.54. The molecule has 0 aromatic heterocycles. The molecule has 0 amide bonds. The van der Waals surface area contributed by atoms with Gasteiger partial charge >= 0.3 is 0 Å². The van der Waals surface area contributed by atoms with E-state index in [1.807, 2.05) is 55.5 Å². The molecular formula is C16H18N2O2. The summed E-state index contributed by atoms with van der Waals surface area (Å²) in [6.07, 6.45) is 1.72. The lowest BCUT2D eigenvalue weighted by molar-refractivity contribution is 0.338. The van der Waals surface area contributed by atoms with Gasteiger partial charge in [0.2, 0.25) is 0 Å². The Balaban J connectivity index is 2.14. The van der Waals surface area contributed by atoms with Gasteiger partial charge in [0.1, 0.15) is 11.5 Å². The zero-order valence-corrected chi connectivity index (χ0v) is 11.7. The molecule has 4 heteroatoms. The highest BCUT2D eigenvalue weighted by Gasteiger charge is 2.03. The molecule has 0 bridgehead atoms. The van der Waals surface area contributed by atoms with E-state index in [0.29, 0.717) is 6.61 Å². The van der Waals surface area contributed by atoms with Gasteiger partial charge in [-0.1, -0.05) is 18.2 Å². The number of nitrogens with zero attached hydrogens (tertiary/aromatic N) is 1. The molecule has 0 aliphatic rings. The Hall–Kier alpha value is -2.49. The molecule has 2 rings (SSSR count). The zero-order valence-electron chi connectivity index (χ0n) is 11.7. The van der Waals surface area contributed by atoms with Crippen molar-refractivity contribution in [2.45, 2.75) is 6.92 Å². The third kappa shape index (κ3) is 3.75. The first-order chi connectivity index (χ1) is 9.83. The average Bonchev–Trinajstić information content (AvgIpc) is 2.50. The van der Waals surface area contributed by atoms with Crippen LogP contribution in [0.2, 0.25) is 0 Å². The summed E-state index contributed by atoms with van der Waals surface area (Å²) in [4.78, 5) is 0. The van der Waals surface area contributed by atoms with Crippen molar-refractivity contribution in [2.24, 2.45) is 5.10 Å². The molecule has 1 N–H and O–H groups in total. The first-order valence-electron chi connectivity index (χ1n) is 6.48.